The summed E-state index contributed by atoms with van der Waals surface area (Å²) in [4.78, 5) is 14.9. The van der Waals surface area contributed by atoms with Crippen LogP contribution >= 0.6 is 0 Å². The van der Waals surface area contributed by atoms with Gasteiger partial charge in [0.05, 0.1) is 12.1 Å². The van der Waals surface area contributed by atoms with E-state index in [0.717, 1.165) is 17.8 Å². The number of alkyl halides is 3. The van der Waals surface area contributed by atoms with Gasteiger partial charge in [-0.1, -0.05) is 42.2 Å². The van der Waals surface area contributed by atoms with Gasteiger partial charge in [-0.3, -0.25) is 4.98 Å². The zero-order valence-corrected chi connectivity index (χ0v) is 12.4. The molecule has 1 aromatic heterocycles. The third-order valence-corrected chi connectivity index (χ3v) is 2.83. The number of benzene rings is 1. The van der Waals surface area contributed by atoms with Crippen LogP contribution in [0.4, 0.5) is 18.0 Å². The first-order valence-corrected chi connectivity index (χ1v) is 6.91. The van der Waals surface area contributed by atoms with E-state index < -0.39 is 17.8 Å². The lowest BCUT2D eigenvalue weighted by Gasteiger charge is -2.05. The summed E-state index contributed by atoms with van der Waals surface area (Å²) in [6, 6.07) is 10.0. The lowest BCUT2D eigenvalue weighted by atomic mass is 10.2. The molecule has 1 amide bonds. The van der Waals surface area contributed by atoms with Gasteiger partial charge in [0.1, 0.15) is 6.61 Å². The number of aromatic nitrogens is 1. The summed E-state index contributed by atoms with van der Waals surface area (Å²) >= 11 is 0. The molecule has 0 bridgehead atoms. The van der Waals surface area contributed by atoms with Crippen LogP contribution in [0.2, 0.25) is 0 Å². The Kier molecular flexibility index (Phi) is 5.79. The fourth-order valence-corrected chi connectivity index (χ4v) is 1.70. The van der Waals surface area contributed by atoms with Gasteiger partial charge in [0.2, 0.25) is 0 Å². The monoisotopic (exact) mass is 334 g/mol. The van der Waals surface area contributed by atoms with Crippen molar-refractivity contribution in [2.75, 3.05) is 6.54 Å². The highest BCUT2D eigenvalue weighted by Crippen LogP contribution is 2.28. The van der Waals surface area contributed by atoms with Crippen molar-refractivity contribution >= 4 is 6.09 Å². The molecule has 0 fully saturated rings. The van der Waals surface area contributed by atoms with Crippen molar-refractivity contribution < 1.29 is 22.7 Å². The summed E-state index contributed by atoms with van der Waals surface area (Å²) in [6.07, 6.45) is -3.18. The van der Waals surface area contributed by atoms with E-state index >= 15 is 0 Å². The van der Waals surface area contributed by atoms with Crippen LogP contribution in [0.25, 0.3) is 0 Å². The number of pyridine rings is 1. The van der Waals surface area contributed by atoms with E-state index in [9.17, 15) is 18.0 Å². The van der Waals surface area contributed by atoms with E-state index in [4.69, 9.17) is 4.74 Å². The highest BCUT2D eigenvalue weighted by atomic mass is 19.4. The van der Waals surface area contributed by atoms with Gasteiger partial charge in [0.15, 0.2) is 0 Å². The van der Waals surface area contributed by atoms with Gasteiger partial charge in [-0.25, -0.2) is 4.79 Å². The number of hydrogen-bond acceptors (Lipinski definition) is 3. The van der Waals surface area contributed by atoms with Crippen molar-refractivity contribution in [2.45, 2.75) is 12.8 Å². The molecule has 0 unspecified atom stereocenters. The van der Waals surface area contributed by atoms with Crippen LogP contribution < -0.4 is 5.32 Å². The maximum absolute atomic E-state index is 12.5. The topological polar surface area (TPSA) is 51.2 Å². The van der Waals surface area contributed by atoms with Crippen LogP contribution in [0.3, 0.4) is 0 Å². The summed E-state index contributed by atoms with van der Waals surface area (Å²) in [6.45, 7) is 0.0710. The molecule has 4 nitrogen and oxygen atoms in total. The number of halogens is 3. The Morgan fingerprint density at radius 1 is 1.21 bits per heavy atom. The Morgan fingerprint density at radius 2 is 1.96 bits per heavy atom. The minimum Gasteiger partial charge on any atom is -0.445 e. The number of carbonyl (C=O) groups excluding carboxylic acids is 1. The van der Waals surface area contributed by atoms with Crippen molar-refractivity contribution in [2.24, 2.45) is 0 Å². The van der Waals surface area contributed by atoms with Crippen LogP contribution in [0.1, 0.15) is 16.7 Å². The molecule has 0 aliphatic carbocycles. The first-order valence-electron chi connectivity index (χ1n) is 6.91. The lowest BCUT2D eigenvalue weighted by molar-refractivity contribution is -0.137. The number of nitrogens with zero attached hydrogens (tertiary/aromatic N) is 1. The predicted molar refractivity (Wildman–Crippen MR) is 80.7 cm³/mol. The number of hydrogen-bond donors (Lipinski definition) is 1. The third-order valence-electron chi connectivity index (χ3n) is 2.83. The van der Waals surface area contributed by atoms with Gasteiger partial charge < -0.3 is 10.1 Å². The van der Waals surface area contributed by atoms with Gasteiger partial charge in [0, 0.05) is 18.0 Å². The molecule has 0 radical (unpaired) electrons. The Morgan fingerprint density at radius 3 is 2.67 bits per heavy atom. The molecule has 1 heterocycles. The molecule has 0 saturated heterocycles. The number of amides is 1. The Hall–Kier alpha value is -3.01. The molecular weight excluding hydrogens is 321 g/mol. The predicted octanol–water partition coefficient (Wildman–Crippen LogP) is 3.38. The highest BCUT2D eigenvalue weighted by molar-refractivity contribution is 5.67. The SMILES string of the molecule is O=C(NCC#Cc1cncc(C(F)(F)F)c1)OCc1ccccc1. The molecule has 0 atom stereocenters. The molecule has 2 rings (SSSR count). The standard InChI is InChI=1S/C17H13F3N2O2/c18-17(19,20)15-9-14(10-21-11-15)7-4-8-22-16(23)24-12-13-5-2-1-3-6-13/h1-3,5-6,9-11H,8,12H2,(H,22,23). The molecule has 7 heteroatoms. The maximum atomic E-state index is 12.5. The van der Waals surface area contributed by atoms with Gasteiger partial charge in [-0.15, -0.1) is 0 Å². The van der Waals surface area contributed by atoms with E-state index in [0.29, 0.717) is 0 Å². The van der Waals surface area contributed by atoms with Crippen molar-refractivity contribution in [3.05, 3.63) is 65.5 Å². The molecule has 0 saturated carbocycles. The number of rotatable bonds is 3. The van der Waals surface area contributed by atoms with Crippen molar-refractivity contribution in [1.82, 2.24) is 10.3 Å². The summed E-state index contributed by atoms with van der Waals surface area (Å²) < 4.78 is 42.5. The summed E-state index contributed by atoms with van der Waals surface area (Å²) in [5, 5.41) is 2.39. The fourth-order valence-electron chi connectivity index (χ4n) is 1.70. The molecule has 2 aromatic rings. The molecule has 0 spiro atoms. The highest BCUT2D eigenvalue weighted by Gasteiger charge is 2.30. The minimum absolute atomic E-state index is 0.0517. The van der Waals surface area contributed by atoms with E-state index in [1.54, 1.807) is 0 Å². The van der Waals surface area contributed by atoms with Gasteiger partial charge in [0.25, 0.3) is 0 Å². The minimum atomic E-state index is -4.47. The van der Waals surface area contributed by atoms with Crippen LogP contribution in [-0.4, -0.2) is 17.6 Å². The lowest BCUT2D eigenvalue weighted by Crippen LogP contribution is -2.24. The van der Waals surface area contributed by atoms with Crippen LogP contribution in [0.15, 0.2) is 48.8 Å². The first kappa shape index (κ1) is 17.3. The van der Waals surface area contributed by atoms with Crippen LogP contribution in [-0.2, 0) is 17.5 Å². The number of carbonyl (C=O) groups is 1. The Labute approximate surface area is 136 Å². The van der Waals surface area contributed by atoms with E-state index in [1.807, 2.05) is 30.3 Å². The fraction of sp³-hybridized carbons (Fsp3) is 0.176. The van der Waals surface area contributed by atoms with Crippen molar-refractivity contribution in [3.63, 3.8) is 0 Å². The maximum Gasteiger partial charge on any atom is 0.417 e. The van der Waals surface area contributed by atoms with E-state index in [1.165, 1.54) is 6.20 Å². The van der Waals surface area contributed by atoms with Crippen LogP contribution in [0.5, 0.6) is 0 Å². The second-order valence-electron chi connectivity index (χ2n) is 4.68. The van der Waals surface area contributed by atoms with Gasteiger partial charge >= 0.3 is 12.3 Å². The van der Waals surface area contributed by atoms with Crippen LogP contribution in [0, 0.1) is 11.8 Å². The normalized spacial score (nSPS) is 10.5. The number of ether oxygens (including phenoxy) is 1. The van der Waals surface area contributed by atoms with E-state index in [2.05, 4.69) is 22.1 Å². The molecule has 1 N–H and O–H groups in total. The van der Waals surface area contributed by atoms with Crippen molar-refractivity contribution in [3.8, 4) is 11.8 Å². The Balaban J connectivity index is 1.80. The largest absolute Gasteiger partial charge is 0.445 e. The number of nitrogens with one attached hydrogen (secondary N) is 1. The second-order valence-corrected chi connectivity index (χ2v) is 4.68. The average molecular weight is 334 g/mol. The zero-order valence-electron chi connectivity index (χ0n) is 12.4. The summed E-state index contributed by atoms with van der Waals surface area (Å²) in [5.74, 6) is 5.04. The molecule has 0 aliphatic rings. The second kappa shape index (κ2) is 8.02. The Bertz CT molecular complexity index is 750. The summed E-state index contributed by atoms with van der Waals surface area (Å²) in [5.41, 5.74) is 0.0857. The quantitative estimate of drug-likeness (QED) is 0.876. The smallest absolute Gasteiger partial charge is 0.417 e. The van der Waals surface area contributed by atoms with Gasteiger partial charge in [-0.2, -0.15) is 13.2 Å². The third kappa shape index (κ3) is 5.65. The number of alkyl carbamates (subject to hydrolysis) is 1. The molecular formula is C17H13F3N2O2. The molecule has 1 aromatic carbocycles. The average Bonchev–Trinajstić information content (AvgIpc) is 2.57. The molecule has 124 valence electrons. The van der Waals surface area contributed by atoms with E-state index in [-0.39, 0.29) is 18.7 Å². The molecule has 24 heavy (non-hydrogen) atoms. The molecule has 0 aliphatic heterocycles. The van der Waals surface area contributed by atoms with Crippen molar-refractivity contribution in [1.29, 1.82) is 0 Å². The summed E-state index contributed by atoms with van der Waals surface area (Å²) in [7, 11) is 0. The zero-order chi connectivity index (χ0) is 17.4. The van der Waals surface area contributed by atoms with Gasteiger partial charge in [-0.05, 0) is 11.6 Å². The first-order chi connectivity index (χ1) is 11.4.